The molecule has 0 bridgehead atoms. The Morgan fingerprint density at radius 1 is 1.10 bits per heavy atom. The number of nitrogens with one attached hydrogen (secondary N) is 1. The Balaban J connectivity index is 1.66. The minimum Gasteiger partial charge on any atom is -0.353 e. The smallest absolute Gasteiger partial charge is 0.255 e. The third-order valence-electron chi connectivity index (χ3n) is 5.92. The average Bonchev–Trinajstić information content (AvgIpc) is 2.79. The molecule has 1 aromatic heterocycles. The molecule has 1 saturated heterocycles. The predicted octanol–water partition coefficient (Wildman–Crippen LogP) is 3.82. The molecule has 2 aliphatic rings. The Morgan fingerprint density at radius 3 is 2.71 bits per heavy atom. The van der Waals surface area contributed by atoms with Crippen LogP contribution in [-0.2, 0) is 11.2 Å². The van der Waals surface area contributed by atoms with Crippen LogP contribution in [-0.4, -0.2) is 41.3 Å². The number of para-hydroxylation sites is 1. The van der Waals surface area contributed by atoms with Gasteiger partial charge in [-0.3, -0.25) is 9.59 Å². The Labute approximate surface area is 179 Å². The molecule has 6 heteroatoms. The fraction of sp³-hybridized carbons (Fsp3) is 0.240. The minimum absolute atomic E-state index is 0.0720. The highest BCUT2D eigenvalue weighted by atomic mass is 19.1. The molecule has 1 aliphatic carbocycles. The van der Waals surface area contributed by atoms with Crippen LogP contribution >= 0.6 is 0 Å². The Morgan fingerprint density at radius 2 is 1.90 bits per heavy atom. The van der Waals surface area contributed by atoms with Crippen LogP contribution in [0.4, 0.5) is 4.39 Å². The molecule has 0 atom stereocenters. The van der Waals surface area contributed by atoms with Crippen LogP contribution in [0.2, 0.25) is 0 Å². The summed E-state index contributed by atoms with van der Waals surface area (Å²) in [5.41, 5.74) is 5.13. The van der Waals surface area contributed by atoms with Gasteiger partial charge in [0.1, 0.15) is 5.82 Å². The van der Waals surface area contributed by atoms with Gasteiger partial charge in [0.2, 0.25) is 5.91 Å². The van der Waals surface area contributed by atoms with Crippen molar-refractivity contribution < 1.29 is 14.0 Å². The summed E-state index contributed by atoms with van der Waals surface area (Å²) in [6.45, 7) is 1.03. The van der Waals surface area contributed by atoms with Gasteiger partial charge in [-0.2, -0.15) is 0 Å². The molecule has 3 aromatic rings. The monoisotopic (exact) mass is 415 g/mol. The fourth-order valence-electron chi connectivity index (χ4n) is 4.45. The molecule has 0 saturated carbocycles. The van der Waals surface area contributed by atoms with Crippen LogP contribution in [0.3, 0.4) is 0 Å². The normalized spacial score (nSPS) is 17.5. The number of amides is 2. The summed E-state index contributed by atoms with van der Waals surface area (Å²) in [6.07, 6.45) is 4.53. The standard InChI is InChI=1S/C25H22FN3O2/c26-18-10-8-16(9-11-18)14-17-4-3-6-20-23(25(31)29-13-12-27-22(30)15-29)19-5-1-2-7-21(19)28-24(17)20/h1-2,5,7-11,14H,3-4,6,12-13,15H2,(H,27,30)/b17-14+. The SMILES string of the molecule is O=C1CN(C(=O)c2c3c(nc4ccccc24)/C(=C/c2ccc(F)cc2)CCC3)CCN1. The van der Waals surface area contributed by atoms with Crippen LogP contribution in [0.5, 0.6) is 0 Å². The van der Waals surface area contributed by atoms with Crippen molar-refractivity contribution in [2.45, 2.75) is 19.3 Å². The lowest BCUT2D eigenvalue weighted by Crippen LogP contribution is -2.50. The van der Waals surface area contributed by atoms with E-state index in [0.717, 1.165) is 52.6 Å². The number of benzene rings is 2. The molecule has 2 aromatic carbocycles. The van der Waals surface area contributed by atoms with Crippen molar-refractivity contribution in [3.05, 3.63) is 76.7 Å². The number of pyridine rings is 1. The molecule has 1 fully saturated rings. The van der Waals surface area contributed by atoms with Crippen molar-refractivity contribution >= 4 is 34.4 Å². The summed E-state index contributed by atoms with van der Waals surface area (Å²) in [4.78, 5) is 32.0. The maximum atomic E-state index is 13.6. The van der Waals surface area contributed by atoms with Gasteiger partial charge in [-0.25, -0.2) is 9.37 Å². The van der Waals surface area contributed by atoms with E-state index in [9.17, 15) is 14.0 Å². The van der Waals surface area contributed by atoms with Gasteiger partial charge >= 0.3 is 0 Å². The van der Waals surface area contributed by atoms with Gasteiger partial charge in [-0.15, -0.1) is 0 Å². The van der Waals surface area contributed by atoms with E-state index < -0.39 is 0 Å². The summed E-state index contributed by atoms with van der Waals surface area (Å²) >= 11 is 0. The first-order chi connectivity index (χ1) is 15.1. The molecule has 2 heterocycles. The molecule has 0 unspecified atom stereocenters. The maximum absolute atomic E-state index is 13.6. The van der Waals surface area contributed by atoms with Crippen molar-refractivity contribution in [3.63, 3.8) is 0 Å². The van der Waals surface area contributed by atoms with Crippen molar-refractivity contribution in [1.82, 2.24) is 15.2 Å². The quantitative estimate of drug-likeness (QED) is 0.692. The first-order valence-corrected chi connectivity index (χ1v) is 10.5. The molecule has 5 nitrogen and oxygen atoms in total. The van der Waals surface area contributed by atoms with Gasteiger partial charge in [0, 0.05) is 18.5 Å². The van der Waals surface area contributed by atoms with E-state index >= 15 is 0 Å². The summed E-state index contributed by atoms with van der Waals surface area (Å²) < 4.78 is 13.3. The lowest BCUT2D eigenvalue weighted by Gasteiger charge is -2.29. The van der Waals surface area contributed by atoms with E-state index in [1.807, 2.05) is 30.3 Å². The van der Waals surface area contributed by atoms with Crippen LogP contribution in [0.25, 0.3) is 22.6 Å². The van der Waals surface area contributed by atoms with E-state index in [1.165, 1.54) is 12.1 Å². The van der Waals surface area contributed by atoms with Crippen molar-refractivity contribution in [3.8, 4) is 0 Å². The molecule has 31 heavy (non-hydrogen) atoms. The molecule has 156 valence electrons. The number of rotatable bonds is 2. The molecule has 1 N–H and O–H groups in total. The van der Waals surface area contributed by atoms with E-state index in [-0.39, 0.29) is 24.2 Å². The highest BCUT2D eigenvalue weighted by Crippen LogP contribution is 2.36. The second-order valence-corrected chi connectivity index (χ2v) is 7.98. The Hall–Kier alpha value is -3.54. The summed E-state index contributed by atoms with van der Waals surface area (Å²) in [7, 11) is 0. The summed E-state index contributed by atoms with van der Waals surface area (Å²) in [6, 6.07) is 14.1. The number of carbonyl (C=O) groups is 2. The molecular formula is C25H22FN3O2. The van der Waals surface area contributed by atoms with Gasteiger partial charge in [0.05, 0.1) is 23.3 Å². The van der Waals surface area contributed by atoms with Crippen LogP contribution < -0.4 is 5.32 Å². The number of piperazine rings is 1. The van der Waals surface area contributed by atoms with Crippen molar-refractivity contribution in [2.75, 3.05) is 19.6 Å². The fourth-order valence-corrected chi connectivity index (χ4v) is 4.45. The van der Waals surface area contributed by atoms with Crippen LogP contribution in [0.1, 0.15) is 40.0 Å². The van der Waals surface area contributed by atoms with Crippen LogP contribution in [0.15, 0.2) is 48.5 Å². The van der Waals surface area contributed by atoms with Gasteiger partial charge in [-0.05, 0) is 60.2 Å². The molecule has 5 rings (SSSR count). The molecule has 2 amide bonds. The van der Waals surface area contributed by atoms with Gasteiger partial charge in [0.15, 0.2) is 0 Å². The van der Waals surface area contributed by atoms with E-state index in [0.29, 0.717) is 18.7 Å². The van der Waals surface area contributed by atoms with E-state index in [1.54, 1.807) is 17.0 Å². The molecular weight excluding hydrogens is 393 g/mol. The zero-order valence-electron chi connectivity index (χ0n) is 17.0. The number of aromatic nitrogens is 1. The lowest BCUT2D eigenvalue weighted by atomic mass is 9.85. The van der Waals surface area contributed by atoms with E-state index in [4.69, 9.17) is 4.98 Å². The Bertz CT molecular complexity index is 1220. The summed E-state index contributed by atoms with van der Waals surface area (Å²) in [5.74, 6) is -0.523. The number of fused-ring (bicyclic) bond motifs is 2. The van der Waals surface area contributed by atoms with Crippen LogP contribution in [0, 0.1) is 5.82 Å². The highest BCUT2D eigenvalue weighted by molar-refractivity contribution is 6.10. The molecule has 1 aliphatic heterocycles. The zero-order chi connectivity index (χ0) is 21.4. The number of allylic oxidation sites excluding steroid dienone is 1. The number of carbonyl (C=O) groups excluding carboxylic acids is 2. The minimum atomic E-state index is -0.270. The first-order valence-electron chi connectivity index (χ1n) is 10.5. The third-order valence-corrected chi connectivity index (χ3v) is 5.92. The second-order valence-electron chi connectivity index (χ2n) is 7.98. The second kappa shape index (κ2) is 7.95. The number of hydrogen-bond acceptors (Lipinski definition) is 3. The number of hydrogen-bond donors (Lipinski definition) is 1. The highest BCUT2D eigenvalue weighted by Gasteiger charge is 2.29. The lowest BCUT2D eigenvalue weighted by molar-refractivity contribution is -0.123. The molecule has 0 spiro atoms. The van der Waals surface area contributed by atoms with Crippen molar-refractivity contribution in [1.29, 1.82) is 0 Å². The summed E-state index contributed by atoms with van der Waals surface area (Å²) in [5, 5.41) is 3.59. The zero-order valence-corrected chi connectivity index (χ0v) is 17.0. The number of nitrogens with zero attached hydrogens (tertiary/aromatic N) is 2. The topological polar surface area (TPSA) is 62.3 Å². The largest absolute Gasteiger partial charge is 0.353 e. The maximum Gasteiger partial charge on any atom is 0.255 e. The van der Waals surface area contributed by atoms with Gasteiger partial charge < -0.3 is 10.2 Å². The van der Waals surface area contributed by atoms with Crippen molar-refractivity contribution in [2.24, 2.45) is 0 Å². The third kappa shape index (κ3) is 3.69. The number of halogens is 1. The van der Waals surface area contributed by atoms with E-state index in [2.05, 4.69) is 5.32 Å². The van der Waals surface area contributed by atoms with Gasteiger partial charge in [0.25, 0.3) is 5.91 Å². The average molecular weight is 415 g/mol. The van der Waals surface area contributed by atoms with Gasteiger partial charge in [-0.1, -0.05) is 30.3 Å². The first kappa shape index (κ1) is 19.4. The molecule has 0 radical (unpaired) electrons. The Kier molecular flexibility index (Phi) is 4.98. The predicted molar refractivity (Wildman–Crippen MR) is 118 cm³/mol.